The summed E-state index contributed by atoms with van der Waals surface area (Å²) in [5, 5.41) is 10.9. The first kappa shape index (κ1) is 16.6. The summed E-state index contributed by atoms with van der Waals surface area (Å²) in [4.78, 5) is 24.5. The average molecular weight is 310 g/mol. The number of hydrogen-bond donors (Lipinski definition) is 1. The fraction of sp³-hybridized carbons (Fsp3) is 0.158. The Kier molecular flexibility index (Phi) is 5.09. The SMILES string of the molecule is COC(=O)/C=C(\C(=O)c1ccccc1)C(C)(O)c1ccccc1. The summed E-state index contributed by atoms with van der Waals surface area (Å²) < 4.78 is 4.62. The number of rotatable bonds is 5. The van der Waals surface area contributed by atoms with Gasteiger partial charge < -0.3 is 9.84 Å². The van der Waals surface area contributed by atoms with Crippen LogP contribution in [0.5, 0.6) is 0 Å². The van der Waals surface area contributed by atoms with Crippen LogP contribution in [0.15, 0.2) is 72.3 Å². The summed E-state index contributed by atoms with van der Waals surface area (Å²) in [6.45, 7) is 1.48. The molecular formula is C19H18O4. The maximum absolute atomic E-state index is 12.8. The third-order valence-corrected chi connectivity index (χ3v) is 3.60. The van der Waals surface area contributed by atoms with Crippen molar-refractivity contribution in [2.24, 2.45) is 0 Å². The molecule has 0 spiro atoms. The summed E-state index contributed by atoms with van der Waals surface area (Å²) in [6.07, 6.45) is 1.04. The van der Waals surface area contributed by atoms with Gasteiger partial charge in [-0.3, -0.25) is 4.79 Å². The standard InChI is InChI=1S/C19H18O4/c1-19(22,15-11-7-4-8-12-15)16(13-17(20)23-2)18(21)14-9-5-3-6-10-14/h3-13,22H,1-2H3/b16-13+. The molecule has 0 amide bonds. The van der Waals surface area contributed by atoms with E-state index in [1.807, 2.05) is 6.07 Å². The molecule has 2 aromatic rings. The molecule has 0 saturated heterocycles. The molecule has 1 unspecified atom stereocenters. The highest BCUT2D eigenvalue weighted by Crippen LogP contribution is 2.31. The Balaban J connectivity index is 2.53. The first-order chi connectivity index (χ1) is 11.0. The molecule has 23 heavy (non-hydrogen) atoms. The minimum atomic E-state index is -1.62. The fourth-order valence-electron chi connectivity index (χ4n) is 2.27. The van der Waals surface area contributed by atoms with E-state index in [9.17, 15) is 14.7 Å². The van der Waals surface area contributed by atoms with Crippen LogP contribution in [-0.2, 0) is 15.1 Å². The van der Waals surface area contributed by atoms with Gasteiger partial charge in [0, 0.05) is 17.2 Å². The number of ketones is 1. The minimum Gasteiger partial charge on any atom is -0.466 e. The first-order valence-electron chi connectivity index (χ1n) is 7.14. The number of carbonyl (C=O) groups excluding carboxylic acids is 2. The molecule has 0 aliphatic rings. The van der Waals surface area contributed by atoms with Crippen LogP contribution in [0.4, 0.5) is 0 Å². The van der Waals surface area contributed by atoms with Gasteiger partial charge in [-0.05, 0) is 12.5 Å². The molecule has 0 aliphatic carbocycles. The van der Waals surface area contributed by atoms with Crippen LogP contribution in [0.25, 0.3) is 0 Å². The van der Waals surface area contributed by atoms with Crippen molar-refractivity contribution in [1.82, 2.24) is 0 Å². The van der Waals surface area contributed by atoms with Gasteiger partial charge in [0.15, 0.2) is 5.78 Å². The number of esters is 1. The Hall–Kier alpha value is -2.72. The van der Waals surface area contributed by atoms with Gasteiger partial charge in [0.25, 0.3) is 0 Å². The van der Waals surface area contributed by atoms with Crippen molar-refractivity contribution in [3.05, 3.63) is 83.4 Å². The number of aliphatic hydroxyl groups is 1. The van der Waals surface area contributed by atoms with Crippen molar-refractivity contribution in [2.45, 2.75) is 12.5 Å². The molecule has 0 aromatic heterocycles. The highest BCUT2D eigenvalue weighted by molar-refractivity contribution is 6.12. The van der Waals surface area contributed by atoms with E-state index in [0.717, 1.165) is 6.08 Å². The summed E-state index contributed by atoms with van der Waals surface area (Å²) >= 11 is 0. The van der Waals surface area contributed by atoms with Gasteiger partial charge in [-0.25, -0.2) is 4.79 Å². The van der Waals surface area contributed by atoms with Crippen molar-refractivity contribution < 1.29 is 19.4 Å². The van der Waals surface area contributed by atoms with E-state index in [1.54, 1.807) is 54.6 Å². The lowest BCUT2D eigenvalue weighted by molar-refractivity contribution is -0.135. The Morgan fingerprint density at radius 3 is 2.04 bits per heavy atom. The van der Waals surface area contributed by atoms with Gasteiger partial charge in [0.05, 0.1) is 7.11 Å². The lowest BCUT2D eigenvalue weighted by Crippen LogP contribution is -2.30. The van der Waals surface area contributed by atoms with Crippen LogP contribution in [0.1, 0.15) is 22.8 Å². The molecule has 4 nitrogen and oxygen atoms in total. The van der Waals surface area contributed by atoms with Gasteiger partial charge in [0.2, 0.25) is 0 Å². The first-order valence-corrected chi connectivity index (χ1v) is 7.14. The van der Waals surface area contributed by atoms with Crippen molar-refractivity contribution in [3.63, 3.8) is 0 Å². The van der Waals surface area contributed by atoms with Crippen molar-refractivity contribution in [2.75, 3.05) is 7.11 Å². The van der Waals surface area contributed by atoms with E-state index >= 15 is 0 Å². The molecule has 2 rings (SSSR count). The topological polar surface area (TPSA) is 63.6 Å². The molecule has 4 heteroatoms. The van der Waals surface area contributed by atoms with E-state index in [1.165, 1.54) is 14.0 Å². The fourth-order valence-corrected chi connectivity index (χ4v) is 2.27. The van der Waals surface area contributed by atoms with Crippen LogP contribution in [0.2, 0.25) is 0 Å². The second-order valence-corrected chi connectivity index (χ2v) is 5.21. The maximum Gasteiger partial charge on any atom is 0.331 e. The zero-order valence-corrected chi connectivity index (χ0v) is 13.0. The quantitative estimate of drug-likeness (QED) is 0.524. The Bertz CT molecular complexity index is 716. The van der Waals surface area contributed by atoms with Gasteiger partial charge >= 0.3 is 5.97 Å². The number of carbonyl (C=O) groups is 2. The molecule has 0 heterocycles. The van der Waals surface area contributed by atoms with Gasteiger partial charge in [0.1, 0.15) is 5.60 Å². The summed E-state index contributed by atoms with van der Waals surface area (Å²) in [5.41, 5.74) is -0.761. The zero-order chi connectivity index (χ0) is 16.9. The second kappa shape index (κ2) is 7.03. The molecule has 1 atom stereocenters. The van der Waals surface area contributed by atoms with E-state index in [0.29, 0.717) is 11.1 Å². The van der Waals surface area contributed by atoms with Crippen LogP contribution in [-0.4, -0.2) is 24.0 Å². The molecule has 0 aliphatic heterocycles. The molecule has 0 radical (unpaired) electrons. The minimum absolute atomic E-state index is 0.0400. The van der Waals surface area contributed by atoms with Crippen LogP contribution in [0.3, 0.4) is 0 Å². The highest BCUT2D eigenvalue weighted by atomic mass is 16.5. The Morgan fingerprint density at radius 1 is 1.00 bits per heavy atom. The lowest BCUT2D eigenvalue weighted by Gasteiger charge is -2.26. The van der Waals surface area contributed by atoms with Gasteiger partial charge in [-0.2, -0.15) is 0 Å². The molecule has 2 aromatic carbocycles. The number of Topliss-reactive ketones (excluding diaryl/α,β-unsaturated/α-hetero) is 1. The summed E-state index contributed by atoms with van der Waals surface area (Å²) in [5.74, 6) is -1.12. The largest absolute Gasteiger partial charge is 0.466 e. The van der Waals surface area contributed by atoms with Crippen LogP contribution in [0, 0.1) is 0 Å². The smallest absolute Gasteiger partial charge is 0.331 e. The molecule has 118 valence electrons. The van der Waals surface area contributed by atoms with Crippen molar-refractivity contribution in [1.29, 1.82) is 0 Å². The number of hydrogen-bond acceptors (Lipinski definition) is 4. The van der Waals surface area contributed by atoms with Gasteiger partial charge in [-0.15, -0.1) is 0 Å². The predicted molar refractivity (Wildman–Crippen MR) is 86.9 cm³/mol. The van der Waals surface area contributed by atoms with E-state index < -0.39 is 17.4 Å². The van der Waals surface area contributed by atoms with E-state index in [-0.39, 0.29) is 5.57 Å². The Morgan fingerprint density at radius 2 is 1.52 bits per heavy atom. The zero-order valence-electron chi connectivity index (χ0n) is 13.0. The lowest BCUT2D eigenvalue weighted by atomic mass is 9.83. The highest BCUT2D eigenvalue weighted by Gasteiger charge is 2.34. The molecule has 1 N–H and O–H groups in total. The number of benzene rings is 2. The maximum atomic E-state index is 12.8. The molecule has 0 fully saturated rings. The van der Waals surface area contributed by atoms with E-state index in [2.05, 4.69) is 4.74 Å². The third kappa shape index (κ3) is 3.73. The third-order valence-electron chi connectivity index (χ3n) is 3.60. The normalized spacial score (nSPS) is 14.0. The molecular weight excluding hydrogens is 292 g/mol. The monoisotopic (exact) mass is 310 g/mol. The number of ether oxygens (including phenoxy) is 1. The van der Waals surface area contributed by atoms with Crippen molar-refractivity contribution >= 4 is 11.8 Å². The van der Waals surface area contributed by atoms with Gasteiger partial charge in [-0.1, -0.05) is 60.7 Å². The number of methoxy groups -OCH3 is 1. The average Bonchev–Trinajstić information content (AvgIpc) is 2.60. The molecule has 0 saturated carbocycles. The van der Waals surface area contributed by atoms with Crippen LogP contribution < -0.4 is 0 Å². The predicted octanol–water partition coefficient (Wildman–Crippen LogP) is 2.88. The van der Waals surface area contributed by atoms with Crippen LogP contribution >= 0.6 is 0 Å². The molecule has 0 bridgehead atoms. The summed E-state index contributed by atoms with van der Waals surface area (Å²) in [6, 6.07) is 17.2. The Labute approximate surface area is 135 Å². The van der Waals surface area contributed by atoms with Crippen molar-refractivity contribution in [3.8, 4) is 0 Å². The van der Waals surface area contributed by atoms with E-state index in [4.69, 9.17) is 0 Å². The second-order valence-electron chi connectivity index (χ2n) is 5.21. The summed E-state index contributed by atoms with van der Waals surface area (Å²) in [7, 11) is 1.22.